The number of likely N-dealkylation sites (tertiary alicyclic amines) is 1. The fourth-order valence-corrected chi connectivity index (χ4v) is 1.64. The van der Waals surface area contributed by atoms with Crippen LogP contribution in [0.1, 0.15) is 19.3 Å². The van der Waals surface area contributed by atoms with Crippen molar-refractivity contribution in [2.75, 3.05) is 33.0 Å². The van der Waals surface area contributed by atoms with Gasteiger partial charge in [-0.3, -0.25) is 9.59 Å². The summed E-state index contributed by atoms with van der Waals surface area (Å²) in [5.41, 5.74) is 0. The zero-order valence-electron chi connectivity index (χ0n) is 10.2. The Balaban J connectivity index is 1.92. The molecule has 0 aliphatic carbocycles. The van der Waals surface area contributed by atoms with Gasteiger partial charge in [0.25, 0.3) is 0 Å². The molecular weight excluding hydrogens is 242 g/mol. The molecule has 0 spiro atoms. The van der Waals surface area contributed by atoms with E-state index in [9.17, 15) is 14.7 Å². The second-order valence-corrected chi connectivity index (χ2v) is 3.97. The van der Waals surface area contributed by atoms with E-state index in [2.05, 4.69) is 0 Å². The molecule has 1 aliphatic heterocycles. The minimum atomic E-state index is -0.891. The molecule has 0 aromatic rings. The van der Waals surface area contributed by atoms with Crippen LogP contribution >= 0.6 is 0 Å². The van der Waals surface area contributed by atoms with E-state index >= 15 is 0 Å². The van der Waals surface area contributed by atoms with Gasteiger partial charge in [0.15, 0.2) is 0 Å². The predicted molar refractivity (Wildman–Crippen MR) is 60.8 cm³/mol. The molecule has 0 radical (unpaired) electrons. The Kier molecular flexibility index (Phi) is 6.63. The normalized spacial score (nSPS) is 19.5. The van der Waals surface area contributed by atoms with E-state index in [1.807, 2.05) is 0 Å². The molecule has 0 bridgehead atoms. The molecule has 1 atom stereocenters. The maximum atomic E-state index is 11.3. The van der Waals surface area contributed by atoms with Gasteiger partial charge in [-0.15, -0.1) is 0 Å². The summed E-state index contributed by atoms with van der Waals surface area (Å²) in [6, 6.07) is 0. The van der Waals surface area contributed by atoms with Gasteiger partial charge in [0.2, 0.25) is 5.91 Å². The summed E-state index contributed by atoms with van der Waals surface area (Å²) in [6.45, 7) is 1.55. The molecule has 7 heteroatoms. The minimum absolute atomic E-state index is 0.0194. The molecule has 104 valence electrons. The molecule has 18 heavy (non-hydrogen) atoms. The predicted octanol–water partition coefficient (Wildman–Crippen LogP) is -0.565. The molecule has 2 N–H and O–H groups in total. The van der Waals surface area contributed by atoms with Crippen LogP contribution in [0.4, 0.5) is 0 Å². The largest absolute Gasteiger partial charge is 0.481 e. The zero-order chi connectivity index (χ0) is 13.4. The van der Waals surface area contributed by atoms with Gasteiger partial charge in [0.05, 0.1) is 32.8 Å². The highest BCUT2D eigenvalue weighted by Crippen LogP contribution is 2.15. The molecule has 1 amide bonds. The van der Waals surface area contributed by atoms with Crippen LogP contribution in [0.15, 0.2) is 0 Å². The second-order valence-electron chi connectivity index (χ2n) is 3.97. The van der Waals surface area contributed by atoms with Crippen molar-refractivity contribution >= 4 is 11.9 Å². The Morgan fingerprint density at radius 2 is 1.94 bits per heavy atom. The Hall–Kier alpha value is -1.18. The molecule has 0 aromatic carbocycles. The van der Waals surface area contributed by atoms with Crippen LogP contribution in [0.2, 0.25) is 0 Å². The Morgan fingerprint density at radius 1 is 1.28 bits per heavy atom. The summed E-state index contributed by atoms with van der Waals surface area (Å²) in [5.74, 6) is -0.943. The van der Waals surface area contributed by atoms with E-state index in [1.54, 1.807) is 0 Å². The third-order valence-corrected chi connectivity index (χ3v) is 2.61. The summed E-state index contributed by atoms with van der Waals surface area (Å²) in [7, 11) is 0. The van der Waals surface area contributed by atoms with Crippen LogP contribution in [-0.4, -0.2) is 66.2 Å². The number of hydrogen-bond acceptors (Lipinski definition) is 5. The first-order valence-corrected chi connectivity index (χ1v) is 5.96. The van der Waals surface area contributed by atoms with Crippen molar-refractivity contribution in [3.63, 3.8) is 0 Å². The molecule has 1 heterocycles. The number of nitrogens with zero attached hydrogens (tertiary/aromatic N) is 1. The standard InChI is InChI=1S/C11H19NO6/c13-9-1-2-10(14)12(9)4-6-18-8-7-17-5-3-11(15)16/h9,13H,1-8H2,(H,15,16). The molecule has 1 rings (SSSR count). The molecule has 1 unspecified atom stereocenters. The van der Waals surface area contributed by atoms with Gasteiger partial charge >= 0.3 is 5.97 Å². The average Bonchev–Trinajstić information content (AvgIpc) is 2.63. The van der Waals surface area contributed by atoms with E-state index in [-0.39, 0.29) is 18.9 Å². The number of aliphatic hydroxyl groups excluding tert-OH is 1. The Bertz CT molecular complexity index is 283. The monoisotopic (exact) mass is 261 g/mol. The van der Waals surface area contributed by atoms with Crippen molar-refractivity contribution in [2.24, 2.45) is 0 Å². The lowest BCUT2D eigenvalue weighted by Crippen LogP contribution is -2.35. The smallest absolute Gasteiger partial charge is 0.305 e. The summed E-state index contributed by atoms with van der Waals surface area (Å²) in [4.78, 5) is 22.8. The van der Waals surface area contributed by atoms with Crippen LogP contribution in [0, 0.1) is 0 Å². The molecule has 0 aromatic heterocycles. The van der Waals surface area contributed by atoms with Gasteiger partial charge < -0.3 is 24.6 Å². The number of carboxylic acids is 1. The number of carbonyl (C=O) groups excluding carboxylic acids is 1. The third-order valence-electron chi connectivity index (χ3n) is 2.61. The van der Waals surface area contributed by atoms with Crippen molar-refractivity contribution in [1.82, 2.24) is 4.90 Å². The molecule has 1 aliphatic rings. The maximum absolute atomic E-state index is 11.3. The number of ether oxygens (including phenoxy) is 2. The van der Waals surface area contributed by atoms with Crippen LogP contribution in [0.25, 0.3) is 0 Å². The van der Waals surface area contributed by atoms with E-state index in [0.29, 0.717) is 39.2 Å². The summed E-state index contributed by atoms with van der Waals surface area (Å²) in [5, 5.41) is 17.8. The van der Waals surface area contributed by atoms with E-state index < -0.39 is 12.2 Å². The number of aliphatic carboxylic acids is 1. The Morgan fingerprint density at radius 3 is 2.50 bits per heavy atom. The zero-order valence-corrected chi connectivity index (χ0v) is 10.2. The second kappa shape index (κ2) is 8.02. The average molecular weight is 261 g/mol. The first-order chi connectivity index (χ1) is 8.61. The van der Waals surface area contributed by atoms with Gasteiger partial charge in [-0.25, -0.2) is 0 Å². The topological polar surface area (TPSA) is 96.3 Å². The number of amides is 1. The maximum Gasteiger partial charge on any atom is 0.305 e. The summed E-state index contributed by atoms with van der Waals surface area (Å²) < 4.78 is 10.2. The van der Waals surface area contributed by atoms with E-state index in [1.165, 1.54) is 4.90 Å². The third kappa shape index (κ3) is 5.44. The summed E-state index contributed by atoms with van der Waals surface area (Å²) in [6.07, 6.45) is 0.165. The van der Waals surface area contributed by atoms with Crippen LogP contribution in [0.3, 0.4) is 0 Å². The number of aliphatic hydroxyl groups is 1. The van der Waals surface area contributed by atoms with Crippen LogP contribution in [0.5, 0.6) is 0 Å². The fraction of sp³-hybridized carbons (Fsp3) is 0.818. The highest BCUT2D eigenvalue weighted by molar-refractivity contribution is 5.78. The van der Waals surface area contributed by atoms with Gasteiger partial charge in [0, 0.05) is 19.4 Å². The number of carboxylic acid groups (broad SMARTS) is 1. The SMILES string of the molecule is O=C(O)CCOCCOCCN1C(=O)CCC1O. The minimum Gasteiger partial charge on any atom is -0.481 e. The fourth-order valence-electron chi connectivity index (χ4n) is 1.64. The highest BCUT2D eigenvalue weighted by atomic mass is 16.5. The van der Waals surface area contributed by atoms with Crippen molar-refractivity contribution in [3.8, 4) is 0 Å². The molecule has 7 nitrogen and oxygen atoms in total. The van der Waals surface area contributed by atoms with E-state index in [4.69, 9.17) is 14.6 Å². The quantitative estimate of drug-likeness (QED) is 0.540. The van der Waals surface area contributed by atoms with Crippen molar-refractivity contribution in [3.05, 3.63) is 0 Å². The number of hydrogen-bond donors (Lipinski definition) is 2. The van der Waals surface area contributed by atoms with E-state index in [0.717, 1.165) is 0 Å². The molecule has 1 fully saturated rings. The lowest BCUT2D eigenvalue weighted by atomic mass is 10.4. The van der Waals surface area contributed by atoms with Crippen LogP contribution < -0.4 is 0 Å². The molecular formula is C11H19NO6. The molecule has 1 saturated heterocycles. The van der Waals surface area contributed by atoms with Gasteiger partial charge in [0.1, 0.15) is 6.23 Å². The van der Waals surface area contributed by atoms with Crippen molar-refractivity contribution < 1.29 is 29.3 Å². The first-order valence-electron chi connectivity index (χ1n) is 5.96. The van der Waals surface area contributed by atoms with Crippen LogP contribution in [-0.2, 0) is 19.1 Å². The van der Waals surface area contributed by atoms with Gasteiger partial charge in [-0.2, -0.15) is 0 Å². The Labute approximate surface area is 105 Å². The van der Waals surface area contributed by atoms with Gasteiger partial charge in [-0.1, -0.05) is 0 Å². The number of rotatable bonds is 9. The highest BCUT2D eigenvalue weighted by Gasteiger charge is 2.28. The lowest BCUT2D eigenvalue weighted by molar-refractivity contribution is -0.138. The van der Waals surface area contributed by atoms with Gasteiger partial charge in [-0.05, 0) is 0 Å². The number of carbonyl (C=O) groups is 2. The van der Waals surface area contributed by atoms with Crippen molar-refractivity contribution in [2.45, 2.75) is 25.5 Å². The van der Waals surface area contributed by atoms with Crippen molar-refractivity contribution in [1.29, 1.82) is 0 Å². The molecule has 0 saturated carbocycles. The summed E-state index contributed by atoms with van der Waals surface area (Å²) >= 11 is 0. The lowest BCUT2D eigenvalue weighted by Gasteiger charge is -2.20. The first kappa shape index (κ1) is 14.9.